The van der Waals surface area contributed by atoms with Gasteiger partial charge in [0.15, 0.2) is 0 Å². The molecule has 0 spiro atoms. The number of hydrogen-bond donors (Lipinski definition) is 1. The molecule has 0 fully saturated rings. The second-order valence-corrected chi connectivity index (χ2v) is 12.5. The van der Waals surface area contributed by atoms with Crippen molar-refractivity contribution in [3.05, 3.63) is 92.4 Å². The van der Waals surface area contributed by atoms with Crippen LogP contribution in [0.4, 0.5) is 5.69 Å². The Morgan fingerprint density at radius 3 is 2.03 bits per heavy atom. The van der Waals surface area contributed by atoms with Crippen LogP contribution in [0.1, 0.15) is 26.3 Å². The maximum Gasteiger partial charge on any atom is 0.264 e. The summed E-state index contributed by atoms with van der Waals surface area (Å²) in [5.74, 6) is -1.11. The monoisotopic (exact) mass is 629 g/mol. The van der Waals surface area contributed by atoms with E-state index in [1.165, 1.54) is 35.2 Å². The summed E-state index contributed by atoms with van der Waals surface area (Å²) in [5, 5.41) is 3.70. The van der Waals surface area contributed by atoms with Gasteiger partial charge < -0.3 is 10.2 Å². The summed E-state index contributed by atoms with van der Waals surface area (Å²) in [6.45, 7) is 4.32. The highest BCUT2D eigenvalue weighted by atomic mass is 35.5. The molecule has 208 valence electrons. The molecule has 39 heavy (non-hydrogen) atoms. The molecule has 0 aromatic heterocycles. The van der Waals surface area contributed by atoms with Gasteiger partial charge in [0.1, 0.15) is 12.6 Å². The highest BCUT2D eigenvalue weighted by Gasteiger charge is 2.34. The normalized spacial score (nSPS) is 12.2. The number of hydrogen-bond acceptors (Lipinski definition) is 4. The molecular weight excluding hydrogens is 604 g/mol. The summed E-state index contributed by atoms with van der Waals surface area (Å²) in [6, 6.07) is 15.6. The molecule has 0 bridgehead atoms. The SMILES string of the molecule is CC(C)NC(=O)[C@H](C)N(Cc1c(Cl)cccc1Cl)C(=O)CN(c1ccc(Cl)cc1Cl)S(=O)(=O)c1ccccc1. The van der Waals surface area contributed by atoms with Crippen molar-refractivity contribution >= 4 is 73.9 Å². The maximum atomic E-state index is 13.9. The standard InChI is InChI=1S/C27H27Cl4N3O4S/c1-17(2)32-27(36)18(3)33(15-21-22(29)10-7-11-23(21)30)26(35)16-34(25-13-12-19(28)14-24(25)31)39(37,38)20-8-5-4-6-9-20/h4-14,17-18H,15-16H2,1-3H3,(H,32,36)/t18-/m0/s1. The zero-order valence-electron chi connectivity index (χ0n) is 21.4. The van der Waals surface area contributed by atoms with Gasteiger partial charge in [0.25, 0.3) is 10.0 Å². The van der Waals surface area contributed by atoms with Crippen molar-refractivity contribution in [3.63, 3.8) is 0 Å². The van der Waals surface area contributed by atoms with Crippen molar-refractivity contribution in [2.75, 3.05) is 10.8 Å². The van der Waals surface area contributed by atoms with E-state index in [-0.39, 0.29) is 28.2 Å². The molecule has 7 nitrogen and oxygen atoms in total. The smallest absolute Gasteiger partial charge is 0.264 e. The number of nitrogens with one attached hydrogen (secondary N) is 1. The minimum absolute atomic E-state index is 0.0288. The van der Waals surface area contributed by atoms with Crippen LogP contribution in [0.2, 0.25) is 20.1 Å². The van der Waals surface area contributed by atoms with E-state index in [9.17, 15) is 18.0 Å². The Bertz CT molecular complexity index is 1430. The average Bonchev–Trinajstić information content (AvgIpc) is 2.87. The van der Waals surface area contributed by atoms with Crippen LogP contribution >= 0.6 is 46.4 Å². The van der Waals surface area contributed by atoms with Gasteiger partial charge in [-0.15, -0.1) is 0 Å². The zero-order valence-corrected chi connectivity index (χ0v) is 25.2. The highest BCUT2D eigenvalue weighted by molar-refractivity contribution is 7.92. The fourth-order valence-electron chi connectivity index (χ4n) is 3.76. The summed E-state index contributed by atoms with van der Waals surface area (Å²) in [5.41, 5.74) is 0.466. The number of sulfonamides is 1. The Morgan fingerprint density at radius 2 is 1.46 bits per heavy atom. The molecule has 1 N–H and O–H groups in total. The van der Waals surface area contributed by atoms with Gasteiger partial charge in [0, 0.05) is 33.2 Å². The van der Waals surface area contributed by atoms with Gasteiger partial charge in [-0.25, -0.2) is 8.42 Å². The van der Waals surface area contributed by atoms with Gasteiger partial charge in [0.05, 0.1) is 15.6 Å². The number of carbonyl (C=O) groups is 2. The molecule has 0 saturated heterocycles. The molecule has 0 heterocycles. The summed E-state index contributed by atoms with van der Waals surface area (Å²) in [6.07, 6.45) is 0. The van der Waals surface area contributed by atoms with Gasteiger partial charge >= 0.3 is 0 Å². The van der Waals surface area contributed by atoms with Crippen molar-refractivity contribution in [1.29, 1.82) is 0 Å². The lowest BCUT2D eigenvalue weighted by atomic mass is 10.1. The lowest BCUT2D eigenvalue weighted by Gasteiger charge is -2.33. The Hall–Kier alpha value is -2.49. The molecule has 3 aromatic rings. The maximum absolute atomic E-state index is 13.9. The van der Waals surface area contributed by atoms with Crippen LogP contribution in [0.15, 0.2) is 71.6 Å². The van der Waals surface area contributed by atoms with E-state index < -0.39 is 34.4 Å². The number of nitrogens with zero attached hydrogens (tertiary/aromatic N) is 2. The van der Waals surface area contributed by atoms with Crippen LogP contribution in [0, 0.1) is 0 Å². The molecule has 3 aromatic carbocycles. The van der Waals surface area contributed by atoms with Crippen LogP contribution in [0.3, 0.4) is 0 Å². The molecule has 12 heteroatoms. The number of amides is 2. The van der Waals surface area contributed by atoms with E-state index in [1.807, 2.05) is 0 Å². The predicted molar refractivity (Wildman–Crippen MR) is 157 cm³/mol. The third kappa shape index (κ3) is 7.58. The van der Waals surface area contributed by atoms with E-state index in [4.69, 9.17) is 46.4 Å². The minimum Gasteiger partial charge on any atom is -0.352 e. The highest BCUT2D eigenvalue weighted by Crippen LogP contribution is 2.33. The van der Waals surface area contributed by atoms with E-state index in [0.29, 0.717) is 20.6 Å². The third-order valence-corrected chi connectivity index (χ3v) is 8.80. The van der Waals surface area contributed by atoms with Crippen molar-refractivity contribution < 1.29 is 18.0 Å². The summed E-state index contributed by atoms with van der Waals surface area (Å²) in [7, 11) is -4.27. The molecule has 0 aliphatic rings. The lowest BCUT2D eigenvalue weighted by molar-refractivity contribution is -0.139. The average molecular weight is 631 g/mol. The largest absolute Gasteiger partial charge is 0.352 e. The van der Waals surface area contributed by atoms with Crippen LogP contribution in [0.25, 0.3) is 0 Å². The summed E-state index contributed by atoms with van der Waals surface area (Å²) in [4.78, 5) is 28.1. The number of benzene rings is 3. The first kappa shape index (κ1) is 31.0. The molecule has 0 saturated carbocycles. The number of anilines is 1. The second kappa shape index (κ2) is 13.2. The first-order chi connectivity index (χ1) is 18.3. The van der Waals surface area contributed by atoms with Crippen LogP contribution < -0.4 is 9.62 Å². The lowest BCUT2D eigenvalue weighted by Crippen LogP contribution is -2.52. The number of rotatable bonds is 10. The quantitative estimate of drug-likeness (QED) is 0.279. The molecule has 1 atom stereocenters. The molecule has 0 unspecified atom stereocenters. The topological polar surface area (TPSA) is 86.8 Å². The van der Waals surface area contributed by atoms with Crippen molar-refractivity contribution in [3.8, 4) is 0 Å². The fraction of sp³-hybridized carbons (Fsp3) is 0.259. The first-order valence-electron chi connectivity index (χ1n) is 11.9. The van der Waals surface area contributed by atoms with Crippen molar-refractivity contribution in [1.82, 2.24) is 10.2 Å². The van der Waals surface area contributed by atoms with E-state index in [1.54, 1.807) is 57.2 Å². The zero-order chi connectivity index (χ0) is 28.9. The third-order valence-electron chi connectivity index (χ3n) is 5.78. The van der Waals surface area contributed by atoms with E-state index >= 15 is 0 Å². The predicted octanol–water partition coefficient (Wildman–Crippen LogP) is 6.44. The molecule has 0 aliphatic heterocycles. The van der Waals surface area contributed by atoms with E-state index in [2.05, 4.69) is 5.32 Å². The van der Waals surface area contributed by atoms with Crippen LogP contribution in [0.5, 0.6) is 0 Å². The van der Waals surface area contributed by atoms with Crippen LogP contribution in [-0.2, 0) is 26.2 Å². The Balaban J connectivity index is 2.09. The first-order valence-corrected chi connectivity index (χ1v) is 14.8. The molecule has 0 aliphatic carbocycles. The fourth-order valence-corrected chi connectivity index (χ4v) is 6.29. The molecular formula is C27H27Cl4N3O4S. The van der Waals surface area contributed by atoms with Crippen LogP contribution in [-0.4, -0.2) is 43.8 Å². The van der Waals surface area contributed by atoms with E-state index in [0.717, 1.165) is 4.31 Å². The summed E-state index contributed by atoms with van der Waals surface area (Å²) < 4.78 is 28.5. The van der Waals surface area contributed by atoms with Gasteiger partial charge in [-0.05, 0) is 63.2 Å². The van der Waals surface area contributed by atoms with Crippen molar-refractivity contribution in [2.45, 2.75) is 44.3 Å². The molecule has 0 radical (unpaired) electrons. The van der Waals surface area contributed by atoms with Gasteiger partial charge in [-0.1, -0.05) is 70.7 Å². The van der Waals surface area contributed by atoms with Gasteiger partial charge in [-0.2, -0.15) is 0 Å². The Morgan fingerprint density at radius 1 is 0.846 bits per heavy atom. The number of carbonyl (C=O) groups excluding carboxylic acids is 2. The Kier molecular flexibility index (Phi) is 10.5. The molecule has 3 rings (SSSR count). The number of halogens is 4. The summed E-state index contributed by atoms with van der Waals surface area (Å²) >= 11 is 25.2. The Labute approximate surface area is 248 Å². The van der Waals surface area contributed by atoms with Gasteiger partial charge in [-0.3, -0.25) is 13.9 Å². The van der Waals surface area contributed by atoms with Gasteiger partial charge in [0.2, 0.25) is 11.8 Å². The molecule has 2 amide bonds. The second-order valence-electron chi connectivity index (χ2n) is 8.98. The van der Waals surface area contributed by atoms with Crippen molar-refractivity contribution in [2.24, 2.45) is 0 Å². The minimum atomic E-state index is -4.27.